The molecule has 15 aliphatic heterocycles. The van der Waals surface area contributed by atoms with Crippen LogP contribution in [0.5, 0.6) is 0 Å². The first kappa shape index (κ1) is 127. The molecule has 30 unspecified atom stereocenters. The number of carbonyl (C=O) groups is 1. The summed E-state index contributed by atoms with van der Waals surface area (Å²) in [6.45, 7) is 90.1. The Balaban J connectivity index is 0.000000181. The average molecular weight is 2100 g/mol. The van der Waals surface area contributed by atoms with Gasteiger partial charge in [-0.05, 0) is 229 Å². The molecule has 31 nitrogen and oxygen atoms in total. The largest absolute Gasteiger partial charge is 0.479 e. The third-order valence-corrected chi connectivity index (χ3v) is 39.1. The highest BCUT2D eigenvalue weighted by molar-refractivity contribution is 5.73. The van der Waals surface area contributed by atoms with Gasteiger partial charge < -0.3 is 144 Å². The number of ether oxygens (including phenoxy) is 24. The van der Waals surface area contributed by atoms with Crippen molar-refractivity contribution < 1.29 is 149 Å². The second-order valence-electron chi connectivity index (χ2n) is 49.8. The molecule has 0 saturated carbocycles. The fourth-order valence-electron chi connectivity index (χ4n) is 25.0. The van der Waals surface area contributed by atoms with E-state index >= 15 is 0 Å². The monoisotopic (exact) mass is 2100 g/mol. The number of carboxylic acid groups (broad SMARTS) is 1. The Morgan fingerprint density at radius 3 is 0.728 bits per heavy atom. The fraction of sp³-hybridized carbons (Fsp3) is 0.991. The van der Waals surface area contributed by atoms with Gasteiger partial charge in [0, 0.05) is 35.5 Å². The Kier molecular flexibility index (Phi) is 47.1. The minimum Gasteiger partial charge on any atom is -0.479 e. The highest BCUT2D eigenvalue weighted by Crippen LogP contribution is 2.50. The van der Waals surface area contributed by atoms with Crippen LogP contribution in [0.25, 0.3) is 0 Å². The Hall–Kier alpha value is -1.69. The summed E-state index contributed by atoms with van der Waals surface area (Å²) in [4.78, 5) is 11.4. The SMILES string of the molecule is CCC1O[C@H](C)C(C)C(C)[C@@H]1O[C@@H]1OC(C(=O)O)[C@@H](O)[C@@H](C)C1C.CCC1O[C@H](C)C(C)C(C)[C@@H]1O[C@@H]1OC(C)[C@@H](O)[C@@H](C)C1C.CCC1O[C@H](C)C(C)C(C)[C@@H]1O[C@@H]1OC(CO)[C@@H](O)[C@@H](C)C1C.CCC1O[C@H](C)C(C)C(C)[C@@H]1O[C@@H]1OC2COC(C)(C)O[C@H]2[C@@H](C)C1C.CCC1O[C@H](C)C(C)C(C)[C@@H]1O[C@@H]1OC2COC(C)(C)O[C@H]2[C@@H](C)C1C.CCC1O[C@H](C)C(C)C(C)[C@@H]1O[C@@H]1OC2COC(C)(C)O[C@H]2[C@@H](C)C1O. The van der Waals surface area contributed by atoms with Crippen LogP contribution in [-0.4, -0.2) is 307 Å². The molecule has 147 heavy (non-hydrogen) atoms. The molecule has 15 rings (SSSR count). The van der Waals surface area contributed by atoms with E-state index in [0.717, 1.165) is 38.5 Å². The number of aliphatic hydroxyl groups is 5. The standard InChI is InChI=1S/2C21H38O5.C20H36O6.C18H32O6.C18H34O5.C18H34O4/c2*1-9-16-18(12(3)11(2)15(6)23-16)25-20-14(5)13(4)19-17(24-20)10-22-21(7,8)26-19;1-8-14-17(11(3)10(2)13(5)23-14)25-19-16(21)12(4)18-15(24-19)9-22-20(6,7)26-18;1-7-13-15(10(4)8(2)12(6)22-13)23-18-11(5)9(3)14(19)16(24-18)17(20)21;1-7-14-17(11(4)9(2)13(6)21-14)23-18-12(5)10(3)16(20)15(8-19)22-18;1-8-15-17(11(4)9(2)13(6)20-15)22-18-12(5)10(3)16(19)14(7)21-18/h2*11-20H,9-10H2,1-8H3;10-19,21H,8-9H2,1-7H3;8-16,18-19H,7H2,1-6H3,(H,20,21);9-20H,7-8H2,1-6H3;9-19H,8H2,1-7H3/t2*11?,12?,13-,14?,15+,16?,17?,18-,19-,20-;10?,11?,12-,13+,14?,15?,16?,17-,18-,19-;8?,9-,10?,11?,12+,13?,14-,15-,16?,18+;2*9?,10-,11?,12?,13+,14?,15?,16-,17-,18-/m000000/s1. The van der Waals surface area contributed by atoms with Crippen LogP contribution in [0.3, 0.4) is 0 Å². The minimum absolute atomic E-state index is 0.0119. The topological polar surface area (TPSA) is 360 Å². The van der Waals surface area contributed by atoms with Crippen molar-refractivity contribution in [2.24, 2.45) is 136 Å². The lowest BCUT2D eigenvalue weighted by molar-refractivity contribution is -0.384. The normalized spacial score (nSPS) is 51.6. The summed E-state index contributed by atoms with van der Waals surface area (Å²) < 4.78 is 148. The summed E-state index contributed by atoms with van der Waals surface area (Å²) in [6.07, 6.45) is -0.721. The predicted octanol–water partition coefficient (Wildman–Crippen LogP) is 18.4. The fourth-order valence-corrected chi connectivity index (χ4v) is 25.0. The van der Waals surface area contributed by atoms with Gasteiger partial charge in [-0.25, -0.2) is 4.79 Å². The summed E-state index contributed by atoms with van der Waals surface area (Å²) >= 11 is 0. The van der Waals surface area contributed by atoms with E-state index in [1.54, 1.807) is 0 Å². The number of aliphatic hydroxyl groups excluding tert-OH is 5. The van der Waals surface area contributed by atoms with Crippen molar-refractivity contribution in [3.63, 3.8) is 0 Å². The van der Waals surface area contributed by atoms with Gasteiger partial charge in [-0.1, -0.05) is 201 Å². The van der Waals surface area contributed by atoms with E-state index in [1.807, 2.05) is 83.1 Å². The maximum Gasteiger partial charge on any atom is 0.335 e. The molecule has 15 aliphatic rings. The van der Waals surface area contributed by atoms with Crippen LogP contribution in [0.15, 0.2) is 0 Å². The molecule has 0 amide bonds. The molecule has 0 bridgehead atoms. The Labute approximate surface area is 886 Å². The lowest BCUT2D eigenvalue weighted by Crippen LogP contribution is -2.63. The molecule has 0 aliphatic carbocycles. The summed E-state index contributed by atoms with van der Waals surface area (Å²) in [7, 11) is 0. The Morgan fingerprint density at radius 2 is 0.463 bits per heavy atom. The van der Waals surface area contributed by atoms with Gasteiger partial charge in [-0.15, -0.1) is 0 Å². The zero-order chi connectivity index (χ0) is 110. The van der Waals surface area contributed by atoms with Crippen LogP contribution >= 0.6 is 0 Å². The first-order valence-corrected chi connectivity index (χ1v) is 58.0. The molecule has 15 saturated heterocycles. The zero-order valence-electron chi connectivity index (χ0n) is 98.6. The maximum absolute atomic E-state index is 11.4. The zero-order valence-corrected chi connectivity index (χ0v) is 98.6. The molecule has 15 fully saturated rings. The molecule has 31 heteroatoms. The summed E-state index contributed by atoms with van der Waals surface area (Å²) in [6, 6.07) is 0. The van der Waals surface area contributed by atoms with Gasteiger partial charge >= 0.3 is 5.97 Å². The van der Waals surface area contributed by atoms with Crippen molar-refractivity contribution in [2.45, 2.75) is 574 Å². The van der Waals surface area contributed by atoms with Crippen LogP contribution in [0.4, 0.5) is 0 Å². The van der Waals surface area contributed by atoms with Crippen molar-refractivity contribution in [1.29, 1.82) is 0 Å². The van der Waals surface area contributed by atoms with Crippen LogP contribution in [0, 0.1) is 136 Å². The number of hydrogen-bond acceptors (Lipinski definition) is 30. The van der Waals surface area contributed by atoms with E-state index in [9.17, 15) is 35.4 Å². The molecule has 0 aromatic rings. The molecule has 0 aromatic carbocycles. The molecule has 15 heterocycles. The quantitative estimate of drug-likeness (QED) is 0.0659. The summed E-state index contributed by atoms with van der Waals surface area (Å²) in [5, 5.41) is 60.1. The van der Waals surface area contributed by atoms with E-state index < -0.39 is 78.8 Å². The van der Waals surface area contributed by atoms with Gasteiger partial charge in [0.1, 0.15) is 30.5 Å². The van der Waals surface area contributed by atoms with E-state index in [4.69, 9.17) is 114 Å². The molecular formula is C116H212O31. The van der Waals surface area contributed by atoms with E-state index in [1.165, 1.54) is 0 Å². The molecule has 0 radical (unpaired) electrons. The second-order valence-corrected chi connectivity index (χ2v) is 49.8. The molecule has 60 atom stereocenters. The van der Waals surface area contributed by atoms with Crippen molar-refractivity contribution in [2.75, 3.05) is 26.4 Å². The number of rotatable bonds is 20. The lowest BCUT2D eigenvalue weighted by atomic mass is 9.80. The molecule has 862 valence electrons. The third-order valence-electron chi connectivity index (χ3n) is 39.1. The van der Waals surface area contributed by atoms with Crippen LogP contribution in [-0.2, 0) is 118 Å². The first-order valence-electron chi connectivity index (χ1n) is 58.0. The summed E-state index contributed by atoms with van der Waals surface area (Å²) in [5.74, 6) is 3.11. The number of fused-ring (bicyclic) bond motifs is 3. The Morgan fingerprint density at radius 1 is 0.238 bits per heavy atom. The van der Waals surface area contributed by atoms with Crippen LogP contribution in [0.1, 0.15) is 329 Å². The lowest BCUT2D eigenvalue weighted by Gasteiger charge is -2.52. The van der Waals surface area contributed by atoms with Gasteiger partial charge in [0.2, 0.25) is 0 Å². The van der Waals surface area contributed by atoms with Crippen LogP contribution in [0.2, 0.25) is 0 Å². The second kappa shape index (κ2) is 54.4. The van der Waals surface area contributed by atoms with E-state index in [-0.39, 0.29) is 237 Å². The number of aliphatic carboxylic acids is 1. The molecule has 0 aromatic heterocycles. The van der Waals surface area contributed by atoms with Gasteiger partial charge in [-0.3, -0.25) is 0 Å². The smallest absolute Gasteiger partial charge is 0.335 e. The van der Waals surface area contributed by atoms with Gasteiger partial charge in [0.15, 0.2) is 61.2 Å². The van der Waals surface area contributed by atoms with Crippen LogP contribution < -0.4 is 0 Å². The van der Waals surface area contributed by atoms with Crippen molar-refractivity contribution >= 4 is 5.97 Å². The van der Waals surface area contributed by atoms with Crippen molar-refractivity contribution in [1.82, 2.24) is 0 Å². The van der Waals surface area contributed by atoms with Gasteiger partial charge in [0.25, 0.3) is 0 Å². The molecule has 0 spiro atoms. The van der Waals surface area contributed by atoms with E-state index in [0.29, 0.717) is 96.8 Å². The number of carboxylic acids is 1. The summed E-state index contributed by atoms with van der Waals surface area (Å²) in [5.41, 5.74) is 0. The van der Waals surface area contributed by atoms with Crippen molar-refractivity contribution in [3.8, 4) is 0 Å². The first-order chi connectivity index (χ1) is 68.7. The highest BCUT2D eigenvalue weighted by atomic mass is 16.8. The molecular weight excluding hydrogens is 1890 g/mol. The number of hydrogen-bond donors (Lipinski definition) is 6. The van der Waals surface area contributed by atoms with Crippen molar-refractivity contribution in [3.05, 3.63) is 0 Å². The maximum atomic E-state index is 11.4. The predicted molar refractivity (Wildman–Crippen MR) is 559 cm³/mol. The minimum atomic E-state index is -1.25. The third kappa shape index (κ3) is 29.8. The molecule has 6 N–H and O–H groups in total. The van der Waals surface area contributed by atoms with Gasteiger partial charge in [0.05, 0.1) is 179 Å². The Bertz CT molecular complexity index is 3630. The highest BCUT2D eigenvalue weighted by Gasteiger charge is 2.59. The van der Waals surface area contributed by atoms with Gasteiger partial charge in [-0.2, -0.15) is 0 Å². The average Bonchev–Trinajstić information content (AvgIpc) is 0.765. The van der Waals surface area contributed by atoms with E-state index in [2.05, 4.69) is 208 Å².